The molecule has 3 aromatic rings. The van der Waals surface area contributed by atoms with E-state index in [1.807, 2.05) is 30.3 Å². The Morgan fingerprint density at radius 3 is 2.41 bits per heavy atom. The number of halogens is 1. The minimum Gasteiger partial charge on any atom is -0.416 e. The fourth-order valence-electron chi connectivity index (χ4n) is 3.78. The van der Waals surface area contributed by atoms with Crippen LogP contribution in [-0.2, 0) is 9.84 Å². The van der Waals surface area contributed by atoms with Crippen LogP contribution >= 0.6 is 11.6 Å². The molecule has 1 aliphatic carbocycles. The van der Waals surface area contributed by atoms with Crippen molar-refractivity contribution in [2.45, 2.75) is 76.9 Å². The number of nitrogens with zero attached hydrogens (tertiary/aromatic N) is 1. The first-order valence-electron chi connectivity index (χ1n) is 12.0. The summed E-state index contributed by atoms with van der Waals surface area (Å²) in [7, 11) is -1.83. The zero-order valence-corrected chi connectivity index (χ0v) is 23.1. The topological polar surface area (TPSA) is 67.0 Å². The molecule has 2 aromatic heterocycles. The molecule has 1 aliphatic rings. The lowest BCUT2D eigenvalue weighted by Gasteiger charge is -2.39. The second-order valence-electron chi connectivity index (χ2n) is 11.7. The average molecular weight is 498 g/mol. The number of H-pyrrole nitrogens is 1. The third-order valence-electron chi connectivity index (χ3n) is 7.37. The third kappa shape index (κ3) is 5.09. The van der Waals surface area contributed by atoms with Gasteiger partial charge in [-0.05, 0) is 48.7 Å². The van der Waals surface area contributed by atoms with Crippen LogP contribution in [0.4, 0.5) is 5.82 Å². The molecule has 0 radical (unpaired) electrons. The highest BCUT2D eigenvalue weighted by Gasteiger charge is 2.38. The Bertz CT molecular complexity index is 1210. The second-order valence-corrected chi connectivity index (χ2v) is 16.9. The van der Waals surface area contributed by atoms with Crippen molar-refractivity contribution >= 4 is 42.5 Å². The lowest BCUT2D eigenvalue weighted by Crippen LogP contribution is -2.43. The Morgan fingerprint density at radius 2 is 1.82 bits per heavy atom. The van der Waals surface area contributed by atoms with E-state index in [-0.39, 0.29) is 16.4 Å². The summed E-state index contributed by atoms with van der Waals surface area (Å²) in [6.07, 6.45) is 4.00. The number of carbonyl (C=O) groups is 1. The van der Waals surface area contributed by atoms with E-state index < -0.39 is 8.32 Å². The Hall–Kier alpha value is -2.15. The van der Waals surface area contributed by atoms with Gasteiger partial charge in [-0.2, -0.15) is 0 Å². The van der Waals surface area contributed by atoms with Gasteiger partial charge < -0.3 is 14.7 Å². The van der Waals surface area contributed by atoms with Crippen LogP contribution in [0.1, 0.15) is 75.0 Å². The number of amides is 1. The van der Waals surface area contributed by atoms with Crippen molar-refractivity contribution in [2.24, 2.45) is 0 Å². The average Bonchev–Trinajstić information content (AvgIpc) is 3.54. The molecule has 34 heavy (non-hydrogen) atoms. The highest BCUT2D eigenvalue weighted by atomic mass is 35.5. The first kappa shape index (κ1) is 25.0. The quantitative estimate of drug-likeness (QED) is 0.329. The lowest BCUT2D eigenvalue weighted by atomic mass is 9.85. The molecule has 5 nitrogen and oxygen atoms in total. The smallest absolute Gasteiger partial charge is 0.256 e. The van der Waals surface area contributed by atoms with Gasteiger partial charge in [0.05, 0.1) is 16.2 Å². The molecule has 0 unspecified atom stereocenters. The maximum Gasteiger partial charge on any atom is 0.256 e. The van der Waals surface area contributed by atoms with Gasteiger partial charge >= 0.3 is 0 Å². The highest BCUT2D eigenvalue weighted by molar-refractivity contribution is 6.74. The number of anilines is 1. The van der Waals surface area contributed by atoms with Crippen LogP contribution in [0.2, 0.25) is 23.2 Å². The Balaban J connectivity index is 1.47. The normalized spacial score (nSPS) is 15.1. The summed E-state index contributed by atoms with van der Waals surface area (Å²) in [6, 6.07) is 9.66. The Morgan fingerprint density at radius 1 is 1.18 bits per heavy atom. The molecule has 7 heteroatoms. The molecule has 0 spiro atoms. The van der Waals surface area contributed by atoms with Crippen molar-refractivity contribution in [1.29, 1.82) is 0 Å². The second kappa shape index (κ2) is 8.81. The minimum atomic E-state index is -1.83. The summed E-state index contributed by atoms with van der Waals surface area (Å²) in [4.78, 5) is 20.9. The van der Waals surface area contributed by atoms with Crippen LogP contribution in [0.5, 0.6) is 0 Å². The molecule has 1 aromatic carbocycles. The van der Waals surface area contributed by atoms with Gasteiger partial charge in [0.1, 0.15) is 5.82 Å². The van der Waals surface area contributed by atoms with Gasteiger partial charge in [0.15, 0.2) is 8.32 Å². The van der Waals surface area contributed by atoms with Crippen LogP contribution in [0, 0.1) is 0 Å². The van der Waals surface area contributed by atoms with E-state index >= 15 is 0 Å². The van der Waals surface area contributed by atoms with Gasteiger partial charge in [-0.1, -0.05) is 58.4 Å². The van der Waals surface area contributed by atoms with Crippen molar-refractivity contribution in [3.8, 4) is 0 Å². The summed E-state index contributed by atoms with van der Waals surface area (Å²) in [6.45, 7) is 16.3. The van der Waals surface area contributed by atoms with Crippen molar-refractivity contribution < 1.29 is 9.22 Å². The molecule has 0 atom stereocenters. The van der Waals surface area contributed by atoms with Gasteiger partial charge in [0.2, 0.25) is 0 Å². The van der Waals surface area contributed by atoms with Gasteiger partial charge in [-0.25, -0.2) is 4.98 Å². The molecule has 2 N–H and O–H groups in total. The number of pyridine rings is 1. The lowest BCUT2D eigenvalue weighted by molar-refractivity contribution is 0.102. The SMILES string of the molecule is CC(C)(CO[Si](C)(C)C(C)(C)C)c1ccc(C(=O)Nc2cc3[nH]cc(Cl)c3c(C3CC3)n2)cc1. The predicted octanol–water partition coefficient (Wildman–Crippen LogP) is 7.65. The van der Waals surface area contributed by atoms with Crippen LogP contribution < -0.4 is 5.32 Å². The van der Waals surface area contributed by atoms with Crippen molar-refractivity contribution in [3.63, 3.8) is 0 Å². The molecule has 1 fully saturated rings. The van der Waals surface area contributed by atoms with Crippen molar-refractivity contribution in [1.82, 2.24) is 9.97 Å². The third-order valence-corrected chi connectivity index (χ3v) is 12.2. The van der Waals surface area contributed by atoms with E-state index in [1.165, 1.54) is 0 Å². The number of carbonyl (C=O) groups excluding carboxylic acids is 1. The van der Waals surface area contributed by atoms with Crippen molar-refractivity contribution in [3.05, 3.63) is 58.4 Å². The summed E-state index contributed by atoms with van der Waals surface area (Å²) in [5.41, 5.74) is 3.47. The highest BCUT2D eigenvalue weighted by Crippen LogP contribution is 2.44. The number of aromatic amines is 1. The monoisotopic (exact) mass is 497 g/mol. The summed E-state index contributed by atoms with van der Waals surface area (Å²) in [5, 5.41) is 4.79. The number of nitrogens with one attached hydrogen (secondary N) is 2. The van der Waals surface area contributed by atoms with E-state index in [9.17, 15) is 4.79 Å². The van der Waals surface area contributed by atoms with Crippen LogP contribution in [0.25, 0.3) is 10.9 Å². The number of hydrogen-bond acceptors (Lipinski definition) is 3. The first-order valence-corrected chi connectivity index (χ1v) is 15.3. The fraction of sp³-hybridized carbons (Fsp3) is 0.481. The Kier molecular flexibility index (Phi) is 6.47. The fourth-order valence-corrected chi connectivity index (χ4v) is 5.19. The molecule has 182 valence electrons. The van der Waals surface area contributed by atoms with Gasteiger partial charge in [-0.15, -0.1) is 0 Å². The molecule has 2 heterocycles. The van der Waals surface area contributed by atoms with Gasteiger partial charge in [-0.3, -0.25) is 4.79 Å². The maximum atomic E-state index is 13.0. The van der Waals surface area contributed by atoms with Gasteiger partial charge in [0.25, 0.3) is 5.91 Å². The predicted molar refractivity (Wildman–Crippen MR) is 144 cm³/mol. The number of rotatable bonds is 7. The number of aromatic nitrogens is 2. The molecule has 0 saturated heterocycles. The molecule has 0 bridgehead atoms. The standard InChI is InChI=1S/C27H36ClN3O2Si/c1-26(2,3)34(6,7)33-16-27(4,5)19-12-10-18(11-13-19)25(32)31-22-14-21-23(20(28)15-29-21)24(30-22)17-8-9-17/h10-15,17,29H,8-9,16H2,1-7H3,(H,30,31,32). The number of fused-ring (bicyclic) bond motifs is 1. The van der Waals surface area contributed by atoms with Crippen LogP contribution in [0.15, 0.2) is 36.5 Å². The van der Waals surface area contributed by atoms with E-state index in [1.54, 1.807) is 6.20 Å². The molecule has 1 amide bonds. The molecule has 0 aliphatic heterocycles. The zero-order chi connectivity index (χ0) is 24.9. The molecular weight excluding hydrogens is 462 g/mol. The number of hydrogen-bond donors (Lipinski definition) is 2. The van der Waals surface area contributed by atoms with Crippen molar-refractivity contribution in [2.75, 3.05) is 11.9 Å². The first-order chi connectivity index (χ1) is 15.8. The summed E-state index contributed by atoms with van der Waals surface area (Å²) >= 11 is 6.36. The summed E-state index contributed by atoms with van der Waals surface area (Å²) in [5.74, 6) is 0.793. The van der Waals surface area contributed by atoms with E-state index in [2.05, 4.69) is 58.0 Å². The minimum absolute atomic E-state index is 0.150. The number of benzene rings is 1. The molecular formula is C27H36ClN3O2Si. The maximum absolute atomic E-state index is 13.0. The zero-order valence-electron chi connectivity index (χ0n) is 21.3. The molecule has 1 saturated carbocycles. The molecule has 4 rings (SSSR count). The van der Waals surface area contributed by atoms with E-state index in [0.29, 0.717) is 28.9 Å². The van der Waals surface area contributed by atoms with Crippen LogP contribution in [0.3, 0.4) is 0 Å². The van der Waals surface area contributed by atoms with Gasteiger partial charge in [0, 0.05) is 41.2 Å². The summed E-state index contributed by atoms with van der Waals surface area (Å²) < 4.78 is 6.48. The van der Waals surface area contributed by atoms with Crippen LogP contribution in [-0.4, -0.2) is 30.8 Å². The van der Waals surface area contributed by atoms with E-state index in [0.717, 1.165) is 35.0 Å². The van der Waals surface area contributed by atoms with E-state index in [4.69, 9.17) is 21.0 Å². The largest absolute Gasteiger partial charge is 0.416 e. The Labute approximate surface area is 208 Å².